The minimum Gasteiger partial charge on any atom is -0.503 e. The zero-order valence-corrected chi connectivity index (χ0v) is 18.2. The van der Waals surface area contributed by atoms with Crippen LogP contribution in [0.2, 0.25) is 0 Å². The van der Waals surface area contributed by atoms with Crippen molar-refractivity contribution in [2.45, 2.75) is 58.3 Å². The fraction of sp³-hybridized carbons (Fsp3) is 0.409. The van der Waals surface area contributed by atoms with Crippen LogP contribution < -0.4 is 4.74 Å². The van der Waals surface area contributed by atoms with Gasteiger partial charge in [0.25, 0.3) is 0 Å². The third kappa shape index (κ3) is 7.76. The lowest BCUT2D eigenvalue weighted by Crippen LogP contribution is -2.13. The fourth-order valence-electron chi connectivity index (χ4n) is 2.66. The molecule has 35 heavy (non-hydrogen) atoms. The van der Waals surface area contributed by atoms with Crippen LogP contribution in [0.1, 0.15) is 58.3 Å². The van der Waals surface area contributed by atoms with Crippen LogP contribution in [0, 0.1) is 58.2 Å². The maximum atomic E-state index is 13.3. The lowest BCUT2D eigenvalue weighted by molar-refractivity contribution is -0.135. The van der Waals surface area contributed by atoms with Crippen LogP contribution >= 0.6 is 0 Å². The van der Waals surface area contributed by atoms with Crippen LogP contribution in [-0.4, -0.2) is 11.1 Å². The molecule has 0 fully saturated rings. The summed E-state index contributed by atoms with van der Waals surface area (Å²) >= 11 is 0. The first-order valence-electron chi connectivity index (χ1n) is 10.3. The maximum absolute atomic E-state index is 13.3. The van der Waals surface area contributed by atoms with E-state index in [0.29, 0.717) is 6.42 Å². The van der Waals surface area contributed by atoms with Gasteiger partial charge in [0, 0.05) is 6.42 Å². The molecule has 0 spiro atoms. The molecule has 0 aliphatic carbocycles. The van der Waals surface area contributed by atoms with E-state index in [-0.39, 0.29) is 6.42 Å². The minimum absolute atomic E-state index is 0.146. The Morgan fingerprint density at radius 3 is 1.34 bits per heavy atom. The predicted molar refractivity (Wildman–Crippen MR) is 102 cm³/mol. The van der Waals surface area contributed by atoms with Crippen LogP contribution in [0.25, 0.3) is 0 Å². The van der Waals surface area contributed by atoms with Gasteiger partial charge in [-0.05, 0) is 6.42 Å². The summed E-state index contributed by atoms with van der Waals surface area (Å²) in [4.78, 5) is 11.5. The Bertz CT molecular complexity index is 909. The number of halogens is 10. The molecular weight excluding hydrogens is 502 g/mol. The fourth-order valence-corrected chi connectivity index (χ4v) is 2.66. The molecule has 1 N–H and O–H groups in total. The van der Waals surface area contributed by atoms with E-state index < -0.39 is 75.6 Å². The largest absolute Gasteiger partial charge is 0.503 e. The second-order valence-electron chi connectivity index (χ2n) is 7.16. The molecule has 2 aromatic rings. The first-order valence-corrected chi connectivity index (χ1v) is 10.3. The highest BCUT2D eigenvalue weighted by molar-refractivity contribution is 5.72. The molecule has 0 aromatic heterocycles. The number of phenolic OH excluding ortho intramolecular Hbond substituents is 1. The zero-order chi connectivity index (χ0) is 26.9. The van der Waals surface area contributed by atoms with Gasteiger partial charge in [0.1, 0.15) is 0 Å². The zero-order valence-electron chi connectivity index (χ0n) is 18.2. The quantitative estimate of drug-likeness (QED) is 0.0926. The van der Waals surface area contributed by atoms with Gasteiger partial charge in [-0.15, -0.1) is 0 Å². The molecular formula is C22H20F10O3. The minimum atomic E-state index is -2.29. The van der Waals surface area contributed by atoms with Gasteiger partial charge >= 0.3 is 5.97 Å². The van der Waals surface area contributed by atoms with Gasteiger partial charge in [-0.3, -0.25) is 4.79 Å². The monoisotopic (exact) mass is 522 g/mol. The highest BCUT2D eigenvalue weighted by Crippen LogP contribution is 2.30. The molecule has 0 amide bonds. The van der Waals surface area contributed by atoms with E-state index in [2.05, 4.69) is 11.7 Å². The molecule has 13 heteroatoms. The van der Waals surface area contributed by atoms with Crippen molar-refractivity contribution in [2.75, 3.05) is 0 Å². The smallest absolute Gasteiger partial charge is 0.311 e. The molecule has 0 aliphatic heterocycles. The second kappa shape index (κ2) is 13.8. The number of phenols is 1. The summed E-state index contributed by atoms with van der Waals surface area (Å²) in [5.41, 5.74) is 0. The van der Waals surface area contributed by atoms with Crippen molar-refractivity contribution in [2.24, 2.45) is 0 Å². The van der Waals surface area contributed by atoms with Crippen LogP contribution in [0.4, 0.5) is 43.9 Å². The second-order valence-corrected chi connectivity index (χ2v) is 7.16. The van der Waals surface area contributed by atoms with Crippen LogP contribution in [0.15, 0.2) is 0 Å². The van der Waals surface area contributed by atoms with Gasteiger partial charge in [-0.25, -0.2) is 26.3 Å². The summed E-state index contributed by atoms with van der Waals surface area (Å²) in [5.74, 6) is -26.4. The van der Waals surface area contributed by atoms with Crippen molar-refractivity contribution >= 4 is 5.97 Å². The van der Waals surface area contributed by atoms with E-state index in [1.54, 1.807) is 0 Å². The number of ether oxygens (including phenoxy) is 1. The Hall–Kier alpha value is -2.99. The molecule has 0 unspecified atom stereocenters. The van der Waals surface area contributed by atoms with Crippen LogP contribution in [-0.2, 0) is 4.79 Å². The van der Waals surface area contributed by atoms with Crippen molar-refractivity contribution in [3.63, 3.8) is 0 Å². The number of carbonyl (C=O) groups is 1. The van der Waals surface area contributed by atoms with Crippen LogP contribution in [0.3, 0.4) is 0 Å². The number of hydrogen-bond acceptors (Lipinski definition) is 3. The topological polar surface area (TPSA) is 46.5 Å². The summed E-state index contributed by atoms with van der Waals surface area (Å²) in [5, 5.41) is 8.30. The van der Waals surface area contributed by atoms with Crippen LogP contribution in [0.5, 0.6) is 11.5 Å². The first kappa shape index (κ1) is 30.0. The number of hydrogen-bond donors (Lipinski definition) is 1. The van der Waals surface area contributed by atoms with Crippen molar-refractivity contribution in [1.29, 1.82) is 0 Å². The average molecular weight is 522 g/mol. The highest BCUT2D eigenvalue weighted by Gasteiger charge is 2.28. The van der Waals surface area contributed by atoms with Gasteiger partial charge < -0.3 is 9.84 Å². The summed E-state index contributed by atoms with van der Waals surface area (Å²) in [6, 6.07) is 0. The van der Waals surface area contributed by atoms with Crippen molar-refractivity contribution < 1.29 is 58.5 Å². The lowest BCUT2D eigenvalue weighted by Gasteiger charge is -2.08. The molecule has 0 bridgehead atoms. The number of aromatic hydroxyl groups is 1. The van der Waals surface area contributed by atoms with E-state index in [1.165, 1.54) is 0 Å². The summed E-state index contributed by atoms with van der Waals surface area (Å²) in [7, 11) is 0. The number of carbonyl (C=O) groups excluding carboxylic acids is 1. The average Bonchev–Trinajstić information content (AvgIpc) is 2.85. The Kier molecular flexibility index (Phi) is 11.8. The molecule has 0 saturated carbocycles. The standard InChI is InChI=1S/C16H19F5O2.C6HF5O/c1-2-3-4-5-6-7-8-9-10(22)23-16-14(20)12(18)11(17)13(19)15(16)21;7-1-2(8)4(10)6(12)5(11)3(1)9/h2-9H2,1H3;12H. The molecule has 0 saturated heterocycles. The van der Waals surface area contributed by atoms with E-state index in [9.17, 15) is 48.7 Å². The van der Waals surface area contributed by atoms with E-state index in [1.807, 2.05) is 0 Å². The summed E-state index contributed by atoms with van der Waals surface area (Å²) in [6.45, 7) is 2.09. The van der Waals surface area contributed by atoms with E-state index >= 15 is 0 Å². The van der Waals surface area contributed by atoms with Crippen molar-refractivity contribution in [3.8, 4) is 11.5 Å². The molecule has 196 valence electrons. The first-order chi connectivity index (χ1) is 16.4. The third-order valence-electron chi connectivity index (χ3n) is 4.56. The number of unbranched alkanes of at least 4 members (excludes halogenated alkanes) is 6. The molecule has 0 atom stereocenters. The van der Waals surface area contributed by atoms with E-state index in [0.717, 1.165) is 38.5 Å². The molecule has 2 aromatic carbocycles. The van der Waals surface area contributed by atoms with Gasteiger partial charge in [0.2, 0.25) is 63.9 Å². The molecule has 3 nitrogen and oxygen atoms in total. The number of benzene rings is 2. The highest BCUT2D eigenvalue weighted by atomic mass is 19.2. The normalized spacial score (nSPS) is 10.7. The Morgan fingerprint density at radius 2 is 0.914 bits per heavy atom. The lowest BCUT2D eigenvalue weighted by atomic mass is 10.1. The SMILES string of the molecule is CCCCCCCCCC(=O)Oc1c(F)c(F)c(F)c(F)c1F.Oc1c(F)c(F)c(F)c(F)c1F. The molecule has 0 radical (unpaired) electrons. The predicted octanol–water partition coefficient (Wildman–Crippen LogP) is 7.52. The van der Waals surface area contributed by atoms with Gasteiger partial charge in [0.15, 0.2) is 5.75 Å². The Balaban J connectivity index is 0.000000427. The molecule has 0 heterocycles. The summed E-state index contributed by atoms with van der Waals surface area (Å²) in [6.07, 6.45) is 6.32. The van der Waals surface area contributed by atoms with Gasteiger partial charge in [-0.1, -0.05) is 45.4 Å². The van der Waals surface area contributed by atoms with Crippen molar-refractivity contribution in [1.82, 2.24) is 0 Å². The van der Waals surface area contributed by atoms with E-state index in [4.69, 9.17) is 5.11 Å². The molecule has 0 aliphatic rings. The number of rotatable bonds is 9. The van der Waals surface area contributed by atoms with Gasteiger partial charge in [-0.2, -0.15) is 17.6 Å². The van der Waals surface area contributed by atoms with Gasteiger partial charge in [0.05, 0.1) is 0 Å². The Labute approximate surface area is 193 Å². The maximum Gasteiger partial charge on any atom is 0.311 e. The summed E-state index contributed by atoms with van der Waals surface area (Å²) < 4.78 is 130. The molecule has 2 rings (SSSR count). The third-order valence-corrected chi connectivity index (χ3v) is 4.56. The van der Waals surface area contributed by atoms with Crippen molar-refractivity contribution in [3.05, 3.63) is 58.2 Å². The number of esters is 1. The Morgan fingerprint density at radius 1 is 0.571 bits per heavy atom.